The van der Waals surface area contributed by atoms with Gasteiger partial charge in [0, 0.05) is 17.6 Å². The fourth-order valence-corrected chi connectivity index (χ4v) is 3.07. The third-order valence-corrected chi connectivity index (χ3v) is 4.54. The molecule has 0 unspecified atom stereocenters. The summed E-state index contributed by atoms with van der Waals surface area (Å²) in [5.41, 5.74) is 2.21. The number of ether oxygens (including phenoxy) is 4. The number of fused-ring (bicyclic) bond motifs is 1. The van der Waals surface area contributed by atoms with Crippen molar-refractivity contribution in [2.24, 2.45) is 0 Å². The Morgan fingerprint density at radius 3 is 2.35 bits per heavy atom. The zero-order chi connectivity index (χ0) is 22.4. The number of pyridine rings is 1. The topological polar surface area (TPSA) is 96.0 Å². The second kappa shape index (κ2) is 9.80. The summed E-state index contributed by atoms with van der Waals surface area (Å²) in [6, 6.07) is 10.2. The highest BCUT2D eigenvalue weighted by molar-refractivity contribution is 6.08. The lowest BCUT2D eigenvalue weighted by Gasteiger charge is -2.17. The average Bonchev–Trinajstić information content (AvgIpc) is 2.79. The molecule has 8 heteroatoms. The van der Waals surface area contributed by atoms with Gasteiger partial charge in [-0.2, -0.15) is 0 Å². The Morgan fingerprint density at radius 1 is 0.935 bits per heavy atom. The Bertz CT molecular complexity index is 1110. The van der Waals surface area contributed by atoms with Crippen molar-refractivity contribution in [3.63, 3.8) is 0 Å². The van der Waals surface area contributed by atoms with Gasteiger partial charge in [0.15, 0.2) is 0 Å². The molecule has 3 aromatic rings. The van der Waals surface area contributed by atoms with E-state index in [0.29, 0.717) is 39.3 Å². The van der Waals surface area contributed by atoms with Crippen molar-refractivity contribution in [1.29, 1.82) is 0 Å². The SMILES string of the molecule is CCOC(=O)c1ccc2ncc(C(=O)OCC)c(Nc3ccc(OC)cc3OC)c2c1. The molecule has 1 heterocycles. The second-order valence-corrected chi connectivity index (χ2v) is 6.41. The van der Waals surface area contributed by atoms with E-state index in [1.807, 2.05) is 0 Å². The van der Waals surface area contributed by atoms with Crippen LogP contribution in [0.1, 0.15) is 34.6 Å². The highest BCUT2D eigenvalue weighted by Crippen LogP contribution is 2.36. The van der Waals surface area contributed by atoms with Crippen LogP contribution in [0, 0.1) is 0 Å². The Balaban J connectivity index is 2.19. The first-order chi connectivity index (χ1) is 15.0. The molecule has 0 radical (unpaired) electrons. The van der Waals surface area contributed by atoms with Gasteiger partial charge in [-0.3, -0.25) is 4.98 Å². The highest BCUT2D eigenvalue weighted by atomic mass is 16.5. The molecule has 0 aliphatic rings. The summed E-state index contributed by atoms with van der Waals surface area (Å²) in [6.07, 6.45) is 1.45. The van der Waals surface area contributed by atoms with Gasteiger partial charge < -0.3 is 24.3 Å². The average molecular weight is 424 g/mol. The third-order valence-electron chi connectivity index (χ3n) is 4.54. The Hall–Kier alpha value is -3.81. The van der Waals surface area contributed by atoms with E-state index >= 15 is 0 Å². The maximum absolute atomic E-state index is 12.6. The minimum Gasteiger partial charge on any atom is -0.497 e. The van der Waals surface area contributed by atoms with Crippen LogP contribution >= 0.6 is 0 Å². The minimum absolute atomic E-state index is 0.213. The Kier molecular flexibility index (Phi) is 6.92. The van der Waals surface area contributed by atoms with Gasteiger partial charge in [-0.1, -0.05) is 0 Å². The molecule has 0 aliphatic carbocycles. The number of hydrogen-bond acceptors (Lipinski definition) is 8. The van der Waals surface area contributed by atoms with E-state index in [1.54, 1.807) is 57.4 Å². The number of hydrogen-bond donors (Lipinski definition) is 1. The largest absolute Gasteiger partial charge is 0.497 e. The normalized spacial score (nSPS) is 10.5. The number of nitrogens with zero attached hydrogens (tertiary/aromatic N) is 1. The van der Waals surface area contributed by atoms with Crippen LogP contribution in [0.3, 0.4) is 0 Å². The summed E-state index contributed by atoms with van der Waals surface area (Å²) in [5, 5.41) is 3.81. The smallest absolute Gasteiger partial charge is 0.341 e. The molecule has 1 N–H and O–H groups in total. The number of carbonyl (C=O) groups excluding carboxylic acids is 2. The van der Waals surface area contributed by atoms with Crippen molar-refractivity contribution in [2.45, 2.75) is 13.8 Å². The zero-order valence-electron chi connectivity index (χ0n) is 17.9. The molecule has 0 aliphatic heterocycles. The number of carbonyl (C=O) groups is 2. The summed E-state index contributed by atoms with van der Waals surface area (Å²) in [7, 11) is 3.10. The molecule has 0 spiro atoms. The minimum atomic E-state index is -0.534. The fourth-order valence-electron chi connectivity index (χ4n) is 3.07. The lowest BCUT2D eigenvalue weighted by atomic mass is 10.1. The monoisotopic (exact) mass is 424 g/mol. The number of esters is 2. The summed E-state index contributed by atoms with van der Waals surface area (Å²) in [5.74, 6) is 0.144. The highest BCUT2D eigenvalue weighted by Gasteiger charge is 2.20. The molecule has 0 fully saturated rings. The van der Waals surface area contributed by atoms with Gasteiger partial charge >= 0.3 is 11.9 Å². The van der Waals surface area contributed by atoms with Gasteiger partial charge in [-0.15, -0.1) is 0 Å². The van der Waals surface area contributed by atoms with Gasteiger partial charge in [-0.25, -0.2) is 9.59 Å². The molecule has 0 saturated carbocycles. The molecule has 3 rings (SSSR count). The van der Waals surface area contributed by atoms with E-state index in [1.165, 1.54) is 13.3 Å². The maximum Gasteiger partial charge on any atom is 0.341 e. The maximum atomic E-state index is 12.6. The second-order valence-electron chi connectivity index (χ2n) is 6.41. The van der Waals surface area contributed by atoms with Crippen molar-refractivity contribution < 1.29 is 28.5 Å². The van der Waals surface area contributed by atoms with Gasteiger partial charge in [-0.05, 0) is 44.2 Å². The van der Waals surface area contributed by atoms with E-state index in [2.05, 4.69) is 10.3 Å². The van der Waals surface area contributed by atoms with Gasteiger partial charge in [0.05, 0.1) is 49.9 Å². The van der Waals surface area contributed by atoms with E-state index in [9.17, 15) is 9.59 Å². The number of aromatic nitrogens is 1. The zero-order valence-corrected chi connectivity index (χ0v) is 17.9. The van der Waals surface area contributed by atoms with Crippen molar-refractivity contribution >= 4 is 34.2 Å². The first-order valence-corrected chi connectivity index (χ1v) is 9.78. The summed E-state index contributed by atoms with van der Waals surface area (Å²) in [6.45, 7) is 3.93. The first-order valence-electron chi connectivity index (χ1n) is 9.78. The van der Waals surface area contributed by atoms with Crippen LogP contribution in [-0.2, 0) is 9.47 Å². The molecular formula is C23H24N2O6. The van der Waals surface area contributed by atoms with E-state index < -0.39 is 11.9 Å². The molecule has 0 saturated heterocycles. The molecule has 0 bridgehead atoms. The molecule has 31 heavy (non-hydrogen) atoms. The van der Waals surface area contributed by atoms with Gasteiger partial charge in [0.25, 0.3) is 0 Å². The number of anilines is 2. The van der Waals surface area contributed by atoms with Crippen LogP contribution < -0.4 is 14.8 Å². The van der Waals surface area contributed by atoms with Crippen molar-refractivity contribution in [2.75, 3.05) is 32.8 Å². The van der Waals surface area contributed by atoms with Crippen molar-refractivity contribution in [3.05, 3.63) is 53.7 Å². The standard InChI is InChI=1S/C23H24N2O6/c1-5-30-22(26)14-7-9-18-16(11-14)21(17(13-24-18)23(27)31-6-2)25-19-10-8-15(28-3)12-20(19)29-4/h7-13H,5-6H2,1-4H3,(H,24,25). The molecule has 0 atom stereocenters. The summed E-state index contributed by atoms with van der Waals surface area (Å²) >= 11 is 0. The molecule has 162 valence electrons. The Labute approximate surface area is 180 Å². The number of nitrogens with one attached hydrogen (secondary N) is 1. The number of methoxy groups -OCH3 is 2. The van der Waals surface area contributed by atoms with Crippen LogP contribution in [0.2, 0.25) is 0 Å². The third kappa shape index (κ3) is 4.69. The lowest BCUT2D eigenvalue weighted by Crippen LogP contribution is -2.10. The van der Waals surface area contributed by atoms with Crippen LogP contribution in [0.15, 0.2) is 42.6 Å². The fraction of sp³-hybridized carbons (Fsp3) is 0.261. The van der Waals surface area contributed by atoms with Crippen LogP contribution in [0.5, 0.6) is 11.5 Å². The predicted molar refractivity (Wildman–Crippen MR) is 116 cm³/mol. The van der Waals surface area contributed by atoms with E-state index in [0.717, 1.165) is 0 Å². The summed E-state index contributed by atoms with van der Waals surface area (Å²) in [4.78, 5) is 29.3. The lowest BCUT2D eigenvalue weighted by molar-refractivity contribution is 0.0518. The van der Waals surface area contributed by atoms with Crippen LogP contribution in [0.4, 0.5) is 11.4 Å². The quantitative estimate of drug-likeness (QED) is 0.533. The summed E-state index contributed by atoms with van der Waals surface area (Å²) < 4.78 is 21.0. The molecular weight excluding hydrogens is 400 g/mol. The van der Waals surface area contributed by atoms with E-state index in [4.69, 9.17) is 18.9 Å². The Morgan fingerprint density at radius 2 is 1.68 bits per heavy atom. The van der Waals surface area contributed by atoms with Crippen molar-refractivity contribution in [1.82, 2.24) is 4.98 Å². The number of benzene rings is 2. The number of rotatable bonds is 8. The van der Waals surface area contributed by atoms with Gasteiger partial charge in [0.2, 0.25) is 0 Å². The van der Waals surface area contributed by atoms with Crippen LogP contribution in [-0.4, -0.2) is 44.4 Å². The van der Waals surface area contributed by atoms with Crippen LogP contribution in [0.25, 0.3) is 10.9 Å². The van der Waals surface area contributed by atoms with E-state index in [-0.39, 0.29) is 18.8 Å². The molecule has 0 amide bonds. The molecule has 2 aromatic carbocycles. The molecule has 1 aromatic heterocycles. The van der Waals surface area contributed by atoms with Gasteiger partial charge in [0.1, 0.15) is 17.1 Å². The molecule has 8 nitrogen and oxygen atoms in total. The predicted octanol–water partition coefficient (Wildman–Crippen LogP) is 4.35. The van der Waals surface area contributed by atoms with Crippen molar-refractivity contribution in [3.8, 4) is 11.5 Å². The first kappa shape index (κ1) is 21.9.